The van der Waals surface area contributed by atoms with Gasteiger partial charge in [0, 0.05) is 0 Å². The number of carbonyl (C=O) groups excluding carboxylic acids is 1. The maximum absolute atomic E-state index is 11.7. The lowest BCUT2D eigenvalue weighted by Crippen LogP contribution is -2.46. The van der Waals surface area contributed by atoms with Crippen molar-refractivity contribution in [3.8, 4) is 5.75 Å². The van der Waals surface area contributed by atoms with Crippen LogP contribution in [0.3, 0.4) is 0 Å². The highest BCUT2D eigenvalue weighted by atomic mass is 16.5. The minimum Gasteiger partial charge on any atom is -0.496 e. The SMILES string of the molecule is CCOC(=O)C(C)(N)CCc1ccccc1OC. The van der Waals surface area contributed by atoms with E-state index in [-0.39, 0.29) is 5.97 Å². The van der Waals surface area contributed by atoms with Crippen LogP contribution >= 0.6 is 0 Å². The molecule has 1 aromatic rings. The Kier molecular flexibility index (Phi) is 5.16. The van der Waals surface area contributed by atoms with Gasteiger partial charge in [0.05, 0.1) is 13.7 Å². The number of rotatable bonds is 6. The Balaban J connectivity index is 2.66. The van der Waals surface area contributed by atoms with Crippen molar-refractivity contribution in [3.05, 3.63) is 29.8 Å². The van der Waals surface area contributed by atoms with Gasteiger partial charge in [-0.15, -0.1) is 0 Å². The molecule has 0 aromatic heterocycles. The molecule has 100 valence electrons. The number of ether oxygens (including phenoxy) is 2. The first-order valence-electron chi connectivity index (χ1n) is 6.09. The van der Waals surface area contributed by atoms with E-state index >= 15 is 0 Å². The van der Waals surface area contributed by atoms with Gasteiger partial charge in [-0.1, -0.05) is 18.2 Å². The first-order chi connectivity index (χ1) is 8.51. The number of nitrogens with two attached hydrogens (primary N) is 1. The zero-order valence-electron chi connectivity index (χ0n) is 11.2. The fourth-order valence-corrected chi connectivity index (χ4v) is 1.70. The Hall–Kier alpha value is -1.55. The molecule has 1 rings (SSSR count). The highest BCUT2D eigenvalue weighted by Crippen LogP contribution is 2.21. The van der Waals surface area contributed by atoms with Gasteiger partial charge in [-0.25, -0.2) is 0 Å². The number of carbonyl (C=O) groups is 1. The molecule has 0 spiro atoms. The van der Waals surface area contributed by atoms with Crippen LogP contribution in [0.4, 0.5) is 0 Å². The van der Waals surface area contributed by atoms with E-state index in [9.17, 15) is 4.79 Å². The molecule has 4 nitrogen and oxygen atoms in total. The van der Waals surface area contributed by atoms with Crippen molar-refractivity contribution in [2.24, 2.45) is 5.73 Å². The van der Waals surface area contributed by atoms with E-state index in [0.717, 1.165) is 11.3 Å². The standard InChI is InChI=1S/C14H21NO3/c1-4-18-13(16)14(2,15)10-9-11-7-5-6-8-12(11)17-3/h5-8H,4,9-10,15H2,1-3H3. The van der Waals surface area contributed by atoms with Gasteiger partial charge >= 0.3 is 5.97 Å². The lowest BCUT2D eigenvalue weighted by atomic mass is 9.94. The smallest absolute Gasteiger partial charge is 0.325 e. The summed E-state index contributed by atoms with van der Waals surface area (Å²) in [5, 5.41) is 0. The molecule has 0 saturated carbocycles. The zero-order valence-corrected chi connectivity index (χ0v) is 11.2. The molecule has 0 aliphatic heterocycles. The third kappa shape index (κ3) is 3.74. The maximum atomic E-state index is 11.7. The molecular weight excluding hydrogens is 230 g/mol. The van der Waals surface area contributed by atoms with E-state index in [1.165, 1.54) is 0 Å². The largest absolute Gasteiger partial charge is 0.496 e. The van der Waals surface area contributed by atoms with E-state index in [1.807, 2.05) is 24.3 Å². The predicted molar refractivity (Wildman–Crippen MR) is 70.5 cm³/mol. The molecule has 0 fully saturated rings. The Morgan fingerprint density at radius 2 is 2.06 bits per heavy atom. The molecular formula is C14H21NO3. The van der Waals surface area contributed by atoms with E-state index in [0.29, 0.717) is 19.4 Å². The highest BCUT2D eigenvalue weighted by molar-refractivity contribution is 5.80. The second kappa shape index (κ2) is 6.40. The summed E-state index contributed by atoms with van der Waals surface area (Å²) in [5.41, 5.74) is 6.05. The topological polar surface area (TPSA) is 61.5 Å². The lowest BCUT2D eigenvalue weighted by molar-refractivity contribution is -0.149. The number of hydrogen-bond acceptors (Lipinski definition) is 4. The lowest BCUT2D eigenvalue weighted by Gasteiger charge is -2.22. The molecule has 18 heavy (non-hydrogen) atoms. The van der Waals surface area contributed by atoms with Crippen molar-refractivity contribution >= 4 is 5.97 Å². The molecule has 0 saturated heterocycles. The Labute approximate surface area is 108 Å². The molecule has 1 atom stereocenters. The van der Waals surface area contributed by atoms with Gasteiger partial charge in [0.2, 0.25) is 0 Å². The minimum atomic E-state index is -0.961. The van der Waals surface area contributed by atoms with Gasteiger partial charge in [-0.3, -0.25) is 4.79 Å². The molecule has 0 aliphatic rings. The highest BCUT2D eigenvalue weighted by Gasteiger charge is 2.29. The van der Waals surface area contributed by atoms with Crippen molar-refractivity contribution in [3.63, 3.8) is 0 Å². The van der Waals surface area contributed by atoms with Gasteiger partial charge in [0.25, 0.3) is 0 Å². The molecule has 4 heteroatoms. The van der Waals surface area contributed by atoms with Gasteiger partial charge in [-0.05, 0) is 38.3 Å². The summed E-state index contributed by atoms with van der Waals surface area (Å²) >= 11 is 0. The third-order valence-electron chi connectivity index (χ3n) is 2.85. The van der Waals surface area contributed by atoms with Crippen molar-refractivity contribution in [2.45, 2.75) is 32.2 Å². The summed E-state index contributed by atoms with van der Waals surface area (Å²) < 4.78 is 10.2. The molecule has 0 aliphatic carbocycles. The summed E-state index contributed by atoms with van der Waals surface area (Å²) in [6, 6.07) is 7.72. The molecule has 1 unspecified atom stereocenters. The predicted octanol–water partition coefficient (Wildman–Crippen LogP) is 1.91. The van der Waals surface area contributed by atoms with Crippen molar-refractivity contribution in [1.29, 1.82) is 0 Å². The van der Waals surface area contributed by atoms with E-state index in [2.05, 4.69) is 0 Å². The summed E-state index contributed by atoms with van der Waals surface area (Å²) in [7, 11) is 1.63. The van der Waals surface area contributed by atoms with Gasteiger partial charge in [0.1, 0.15) is 11.3 Å². The Morgan fingerprint density at radius 3 is 2.67 bits per heavy atom. The molecule has 0 bridgehead atoms. The summed E-state index contributed by atoms with van der Waals surface area (Å²) in [5.74, 6) is 0.456. The second-order valence-electron chi connectivity index (χ2n) is 4.45. The van der Waals surface area contributed by atoms with Crippen molar-refractivity contribution in [2.75, 3.05) is 13.7 Å². The Morgan fingerprint density at radius 1 is 1.39 bits per heavy atom. The van der Waals surface area contributed by atoms with Crippen LogP contribution in [-0.2, 0) is 16.0 Å². The summed E-state index contributed by atoms with van der Waals surface area (Å²) in [6.45, 7) is 3.81. The van der Waals surface area contributed by atoms with Crippen LogP contribution in [0.5, 0.6) is 5.75 Å². The molecule has 0 heterocycles. The van der Waals surface area contributed by atoms with Crippen LogP contribution in [0.25, 0.3) is 0 Å². The van der Waals surface area contributed by atoms with Crippen LogP contribution in [-0.4, -0.2) is 25.2 Å². The monoisotopic (exact) mass is 251 g/mol. The summed E-state index contributed by atoms with van der Waals surface area (Å²) in [4.78, 5) is 11.7. The van der Waals surface area contributed by atoms with E-state index < -0.39 is 5.54 Å². The number of hydrogen-bond donors (Lipinski definition) is 1. The fraction of sp³-hybridized carbons (Fsp3) is 0.500. The minimum absolute atomic E-state index is 0.348. The number of para-hydroxylation sites is 1. The Bertz CT molecular complexity index is 402. The number of benzene rings is 1. The fourth-order valence-electron chi connectivity index (χ4n) is 1.70. The average Bonchev–Trinajstić information content (AvgIpc) is 2.37. The molecule has 2 N–H and O–H groups in total. The van der Waals surface area contributed by atoms with Crippen molar-refractivity contribution < 1.29 is 14.3 Å². The van der Waals surface area contributed by atoms with E-state index in [4.69, 9.17) is 15.2 Å². The first kappa shape index (κ1) is 14.5. The number of methoxy groups -OCH3 is 1. The molecule has 0 radical (unpaired) electrons. The van der Waals surface area contributed by atoms with Crippen molar-refractivity contribution in [1.82, 2.24) is 0 Å². The summed E-state index contributed by atoms with van der Waals surface area (Å²) in [6.07, 6.45) is 1.20. The van der Waals surface area contributed by atoms with Crippen LogP contribution in [0.2, 0.25) is 0 Å². The van der Waals surface area contributed by atoms with E-state index in [1.54, 1.807) is 21.0 Å². The van der Waals surface area contributed by atoms with Gasteiger partial charge < -0.3 is 15.2 Å². The van der Waals surface area contributed by atoms with Crippen LogP contribution < -0.4 is 10.5 Å². The quantitative estimate of drug-likeness (QED) is 0.784. The maximum Gasteiger partial charge on any atom is 0.325 e. The number of aryl methyl sites for hydroxylation is 1. The number of esters is 1. The first-order valence-corrected chi connectivity index (χ1v) is 6.09. The second-order valence-corrected chi connectivity index (χ2v) is 4.45. The van der Waals surface area contributed by atoms with Gasteiger partial charge in [-0.2, -0.15) is 0 Å². The molecule has 1 aromatic carbocycles. The average molecular weight is 251 g/mol. The molecule has 0 amide bonds. The van der Waals surface area contributed by atoms with Gasteiger partial charge in [0.15, 0.2) is 0 Å². The normalized spacial score (nSPS) is 13.8. The van der Waals surface area contributed by atoms with Crippen LogP contribution in [0.15, 0.2) is 24.3 Å². The zero-order chi connectivity index (χ0) is 13.6. The van der Waals surface area contributed by atoms with Crippen LogP contribution in [0, 0.1) is 0 Å². The van der Waals surface area contributed by atoms with Crippen LogP contribution in [0.1, 0.15) is 25.8 Å². The third-order valence-corrected chi connectivity index (χ3v) is 2.85.